The lowest BCUT2D eigenvalue weighted by Gasteiger charge is -2.09. The lowest BCUT2D eigenvalue weighted by molar-refractivity contribution is 0.102. The predicted octanol–water partition coefficient (Wildman–Crippen LogP) is 5.00. The monoisotopic (exact) mass is 392 g/mol. The van der Waals surface area contributed by atoms with E-state index in [1.54, 1.807) is 23.1 Å². The van der Waals surface area contributed by atoms with Crippen molar-refractivity contribution in [2.45, 2.75) is 13.3 Å². The zero-order valence-electron chi connectivity index (χ0n) is 15.1. The Kier molecular flexibility index (Phi) is 4.95. The van der Waals surface area contributed by atoms with Crippen molar-refractivity contribution in [2.75, 3.05) is 5.32 Å². The first-order valence-corrected chi connectivity index (χ1v) is 9.16. The van der Waals surface area contributed by atoms with Gasteiger partial charge in [-0.15, -0.1) is 0 Å². The SMILES string of the molecule is CCc1c(C(=O)Nc2ccc(-c3cnco3)cc2)cnn1-c1cccc(Cl)c1. The van der Waals surface area contributed by atoms with Gasteiger partial charge in [-0.25, -0.2) is 9.67 Å². The summed E-state index contributed by atoms with van der Waals surface area (Å²) in [7, 11) is 0. The average molecular weight is 393 g/mol. The van der Waals surface area contributed by atoms with Crippen LogP contribution in [0.15, 0.2) is 71.7 Å². The minimum atomic E-state index is -0.211. The Morgan fingerprint density at radius 3 is 2.68 bits per heavy atom. The molecule has 1 N–H and O–H groups in total. The Labute approximate surface area is 166 Å². The van der Waals surface area contributed by atoms with Gasteiger partial charge in [0.05, 0.1) is 29.3 Å². The maximum absolute atomic E-state index is 12.8. The van der Waals surface area contributed by atoms with Crippen molar-refractivity contribution >= 4 is 23.2 Å². The molecule has 0 spiro atoms. The van der Waals surface area contributed by atoms with E-state index in [1.165, 1.54) is 6.39 Å². The fourth-order valence-corrected chi connectivity index (χ4v) is 3.19. The molecule has 7 heteroatoms. The molecule has 28 heavy (non-hydrogen) atoms. The van der Waals surface area contributed by atoms with Crippen LogP contribution in [0.3, 0.4) is 0 Å². The van der Waals surface area contributed by atoms with Crippen molar-refractivity contribution in [2.24, 2.45) is 0 Å². The second-order valence-electron chi connectivity index (χ2n) is 6.15. The molecule has 0 bridgehead atoms. The van der Waals surface area contributed by atoms with Crippen LogP contribution in [0.2, 0.25) is 5.02 Å². The number of rotatable bonds is 5. The Balaban J connectivity index is 1.57. The summed E-state index contributed by atoms with van der Waals surface area (Å²) in [5, 5.41) is 7.92. The highest BCUT2D eigenvalue weighted by molar-refractivity contribution is 6.30. The first kappa shape index (κ1) is 18.0. The zero-order valence-corrected chi connectivity index (χ0v) is 15.8. The molecule has 0 saturated heterocycles. The molecule has 2 heterocycles. The number of aromatic nitrogens is 3. The molecule has 0 fully saturated rings. The van der Waals surface area contributed by atoms with Crippen LogP contribution in [-0.4, -0.2) is 20.7 Å². The molecule has 0 saturated carbocycles. The quantitative estimate of drug-likeness (QED) is 0.519. The van der Waals surface area contributed by atoms with Gasteiger partial charge in [-0.2, -0.15) is 5.10 Å². The second kappa shape index (κ2) is 7.70. The van der Waals surface area contributed by atoms with E-state index in [0.29, 0.717) is 28.5 Å². The van der Waals surface area contributed by atoms with Gasteiger partial charge in [0.25, 0.3) is 5.91 Å². The molecule has 4 aromatic rings. The summed E-state index contributed by atoms with van der Waals surface area (Å²) in [5.41, 5.74) is 3.74. The van der Waals surface area contributed by atoms with Crippen molar-refractivity contribution in [1.29, 1.82) is 0 Å². The van der Waals surface area contributed by atoms with Gasteiger partial charge in [0.15, 0.2) is 12.2 Å². The standard InChI is InChI=1S/C21H17ClN4O2/c1-2-19-18(11-24-26(19)17-5-3-4-15(22)10-17)21(27)25-16-8-6-14(7-9-16)20-12-23-13-28-20/h3-13H,2H2,1H3,(H,25,27). The molecule has 2 aromatic carbocycles. The number of nitrogens with one attached hydrogen (secondary N) is 1. The van der Waals surface area contributed by atoms with E-state index < -0.39 is 0 Å². The third-order valence-corrected chi connectivity index (χ3v) is 4.60. The first-order chi connectivity index (χ1) is 13.7. The molecule has 0 aliphatic heterocycles. The van der Waals surface area contributed by atoms with Gasteiger partial charge < -0.3 is 9.73 Å². The van der Waals surface area contributed by atoms with Crippen molar-refractivity contribution in [3.05, 3.63) is 83.6 Å². The second-order valence-corrected chi connectivity index (χ2v) is 6.58. The largest absolute Gasteiger partial charge is 0.444 e. The summed E-state index contributed by atoms with van der Waals surface area (Å²) in [4.78, 5) is 16.7. The fraction of sp³-hybridized carbons (Fsp3) is 0.0952. The van der Waals surface area contributed by atoms with Crippen LogP contribution >= 0.6 is 11.6 Å². The van der Waals surface area contributed by atoms with Crippen molar-refractivity contribution in [1.82, 2.24) is 14.8 Å². The van der Waals surface area contributed by atoms with E-state index in [2.05, 4.69) is 15.4 Å². The smallest absolute Gasteiger partial charge is 0.259 e. The van der Waals surface area contributed by atoms with Crippen molar-refractivity contribution in [3.8, 4) is 17.0 Å². The van der Waals surface area contributed by atoms with E-state index in [9.17, 15) is 4.79 Å². The molecule has 1 amide bonds. The number of halogens is 1. The molecule has 2 aromatic heterocycles. The third kappa shape index (κ3) is 3.54. The topological polar surface area (TPSA) is 73.0 Å². The summed E-state index contributed by atoms with van der Waals surface area (Å²) in [6.45, 7) is 1.99. The number of hydrogen-bond acceptors (Lipinski definition) is 4. The lowest BCUT2D eigenvalue weighted by atomic mass is 10.1. The highest BCUT2D eigenvalue weighted by atomic mass is 35.5. The van der Waals surface area contributed by atoms with Crippen LogP contribution in [0.5, 0.6) is 0 Å². The maximum Gasteiger partial charge on any atom is 0.259 e. The van der Waals surface area contributed by atoms with E-state index in [1.807, 2.05) is 49.4 Å². The Morgan fingerprint density at radius 1 is 1.18 bits per heavy atom. The number of benzene rings is 2. The van der Waals surface area contributed by atoms with Crippen LogP contribution in [0.25, 0.3) is 17.0 Å². The Morgan fingerprint density at radius 2 is 2.00 bits per heavy atom. The molecule has 0 atom stereocenters. The Hall–Kier alpha value is -3.38. The molecular weight excluding hydrogens is 376 g/mol. The van der Waals surface area contributed by atoms with Gasteiger partial charge >= 0.3 is 0 Å². The van der Waals surface area contributed by atoms with Gasteiger partial charge in [0.2, 0.25) is 0 Å². The average Bonchev–Trinajstić information content (AvgIpc) is 3.38. The van der Waals surface area contributed by atoms with E-state index in [4.69, 9.17) is 16.0 Å². The minimum absolute atomic E-state index is 0.211. The molecule has 6 nitrogen and oxygen atoms in total. The van der Waals surface area contributed by atoms with Crippen LogP contribution in [0.4, 0.5) is 5.69 Å². The third-order valence-electron chi connectivity index (χ3n) is 4.36. The summed E-state index contributed by atoms with van der Waals surface area (Å²) < 4.78 is 7.02. The van der Waals surface area contributed by atoms with Crippen molar-refractivity contribution < 1.29 is 9.21 Å². The van der Waals surface area contributed by atoms with Crippen LogP contribution in [-0.2, 0) is 6.42 Å². The van der Waals surface area contributed by atoms with Gasteiger partial charge in [0.1, 0.15) is 0 Å². The van der Waals surface area contributed by atoms with Gasteiger partial charge in [-0.1, -0.05) is 24.6 Å². The first-order valence-electron chi connectivity index (χ1n) is 8.79. The molecule has 0 radical (unpaired) electrons. The number of carbonyl (C=O) groups is 1. The maximum atomic E-state index is 12.8. The van der Waals surface area contributed by atoms with Crippen molar-refractivity contribution in [3.63, 3.8) is 0 Å². The number of oxazole rings is 1. The van der Waals surface area contributed by atoms with E-state index in [0.717, 1.165) is 16.9 Å². The lowest BCUT2D eigenvalue weighted by Crippen LogP contribution is -2.14. The summed E-state index contributed by atoms with van der Waals surface area (Å²) in [6, 6.07) is 14.8. The number of hydrogen-bond donors (Lipinski definition) is 1. The van der Waals surface area contributed by atoms with Crippen LogP contribution < -0.4 is 5.32 Å². The predicted molar refractivity (Wildman–Crippen MR) is 108 cm³/mol. The van der Waals surface area contributed by atoms with Crippen LogP contribution in [0, 0.1) is 0 Å². The normalized spacial score (nSPS) is 10.8. The molecular formula is C21H17ClN4O2. The Bertz CT molecular complexity index is 1100. The minimum Gasteiger partial charge on any atom is -0.444 e. The summed E-state index contributed by atoms with van der Waals surface area (Å²) in [5.74, 6) is 0.464. The van der Waals surface area contributed by atoms with Gasteiger partial charge in [-0.3, -0.25) is 4.79 Å². The molecule has 140 valence electrons. The molecule has 0 aliphatic rings. The highest BCUT2D eigenvalue weighted by Crippen LogP contribution is 2.23. The fourth-order valence-electron chi connectivity index (χ4n) is 3.01. The highest BCUT2D eigenvalue weighted by Gasteiger charge is 2.17. The summed E-state index contributed by atoms with van der Waals surface area (Å²) >= 11 is 6.09. The number of nitrogens with zero attached hydrogens (tertiary/aromatic N) is 3. The molecule has 0 aliphatic carbocycles. The molecule has 0 unspecified atom stereocenters. The van der Waals surface area contributed by atoms with E-state index in [-0.39, 0.29) is 5.91 Å². The van der Waals surface area contributed by atoms with Crippen LogP contribution in [0.1, 0.15) is 23.0 Å². The van der Waals surface area contributed by atoms with E-state index >= 15 is 0 Å². The molecule has 4 rings (SSSR count). The zero-order chi connectivity index (χ0) is 19.5. The number of amides is 1. The van der Waals surface area contributed by atoms with Gasteiger partial charge in [-0.05, 0) is 48.9 Å². The van der Waals surface area contributed by atoms with Gasteiger partial charge in [0, 0.05) is 16.3 Å². The number of anilines is 1. The summed E-state index contributed by atoms with van der Waals surface area (Å²) in [6.07, 6.45) is 5.26. The number of carbonyl (C=O) groups excluding carboxylic acids is 1.